The first-order chi connectivity index (χ1) is 7.20. The van der Waals surface area contributed by atoms with Gasteiger partial charge in [0.1, 0.15) is 0 Å². The molecule has 0 atom stereocenters. The van der Waals surface area contributed by atoms with Crippen LogP contribution in [-0.4, -0.2) is 0 Å². The second kappa shape index (κ2) is 9.80. The van der Waals surface area contributed by atoms with Gasteiger partial charge >= 0.3 is 0 Å². The second-order valence-electron chi connectivity index (χ2n) is 4.26. The summed E-state index contributed by atoms with van der Waals surface area (Å²) < 4.78 is 0. The molecule has 0 spiro atoms. The number of rotatable bonds is 7. The summed E-state index contributed by atoms with van der Waals surface area (Å²) in [5.74, 6) is 0. The Labute approximate surface area is 95.8 Å². The van der Waals surface area contributed by atoms with Crippen molar-refractivity contribution in [1.29, 1.82) is 0 Å². The predicted molar refractivity (Wildman–Crippen MR) is 70.1 cm³/mol. The van der Waals surface area contributed by atoms with E-state index in [1.807, 2.05) is 0 Å². The molecule has 0 radical (unpaired) electrons. The highest BCUT2D eigenvalue weighted by Gasteiger charge is 1.89. The Balaban J connectivity index is 3.85. The van der Waals surface area contributed by atoms with Gasteiger partial charge in [0.2, 0.25) is 0 Å². The molecule has 0 saturated heterocycles. The van der Waals surface area contributed by atoms with Crippen molar-refractivity contribution in [1.82, 2.24) is 0 Å². The van der Waals surface area contributed by atoms with Crippen molar-refractivity contribution < 1.29 is 0 Å². The van der Waals surface area contributed by atoms with Crippen molar-refractivity contribution >= 4 is 0 Å². The highest BCUT2D eigenvalue weighted by Crippen LogP contribution is 2.09. The van der Waals surface area contributed by atoms with Crippen LogP contribution < -0.4 is 0 Å². The molecule has 0 aliphatic heterocycles. The lowest BCUT2D eigenvalue weighted by Gasteiger charge is -1.98. The van der Waals surface area contributed by atoms with Crippen molar-refractivity contribution in [3.05, 3.63) is 29.0 Å². The Kier molecular flexibility index (Phi) is 9.32. The van der Waals surface area contributed by atoms with Gasteiger partial charge in [0.15, 0.2) is 0 Å². The zero-order valence-electron chi connectivity index (χ0n) is 10.9. The lowest BCUT2D eigenvalue weighted by atomic mass is 10.1. The highest BCUT2D eigenvalue weighted by atomic mass is 13.9. The molecule has 86 valence electrons. The third kappa shape index (κ3) is 9.56. The van der Waals surface area contributed by atoms with Gasteiger partial charge < -0.3 is 0 Å². The number of unbranched alkanes of at least 4 members (excludes halogenated alkanes) is 1. The van der Waals surface area contributed by atoms with Crippen molar-refractivity contribution in [2.75, 3.05) is 0 Å². The fourth-order valence-electron chi connectivity index (χ4n) is 1.49. The van der Waals surface area contributed by atoms with E-state index >= 15 is 0 Å². The average molecular weight is 206 g/mol. The molecule has 15 heavy (non-hydrogen) atoms. The lowest BCUT2D eigenvalue weighted by molar-refractivity contribution is 0.881. The lowest BCUT2D eigenvalue weighted by Crippen LogP contribution is -1.78. The minimum Gasteiger partial charge on any atom is -0.126 e. The molecule has 0 aromatic rings. The third-order valence-corrected chi connectivity index (χ3v) is 2.44. The molecular weight excluding hydrogens is 180 g/mol. The smallest absolute Gasteiger partial charge is 0.0212 e. The summed E-state index contributed by atoms with van der Waals surface area (Å²) >= 11 is 0. The van der Waals surface area contributed by atoms with Crippen molar-refractivity contribution in [3.63, 3.8) is 0 Å². The Morgan fingerprint density at radius 1 is 1.00 bits per heavy atom. The molecule has 0 heterocycles. The fourth-order valence-corrected chi connectivity index (χ4v) is 1.49. The van der Waals surface area contributed by atoms with Crippen LogP contribution >= 0.6 is 0 Å². The van der Waals surface area contributed by atoms with Crippen LogP contribution in [0.2, 0.25) is 0 Å². The van der Waals surface area contributed by atoms with Crippen LogP contribution in [0.15, 0.2) is 29.0 Å². The molecule has 0 heteroatoms. The van der Waals surface area contributed by atoms with Gasteiger partial charge in [0, 0.05) is 0 Å². The van der Waals surface area contributed by atoms with Crippen LogP contribution in [0.5, 0.6) is 0 Å². The first-order valence-electron chi connectivity index (χ1n) is 6.27. The third-order valence-electron chi connectivity index (χ3n) is 2.44. The Morgan fingerprint density at radius 2 is 1.73 bits per heavy atom. The van der Waals surface area contributed by atoms with Gasteiger partial charge in [0.05, 0.1) is 0 Å². The van der Waals surface area contributed by atoms with Gasteiger partial charge in [-0.25, -0.2) is 0 Å². The molecule has 0 rings (SSSR count). The average Bonchev–Trinajstić information content (AvgIpc) is 2.18. The second-order valence-corrected chi connectivity index (χ2v) is 4.26. The Morgan fingerprint density at radius 3 is 2.33 bits per heavy atom. The zero-order chi connectivity index (χ0) is 11.5. The van der Waals surface area contributed by atoms with Gasteiger partial charge in [-0.1, -0.05) is 38.3 Å². The van der Waals surface area contributed by atoms with Crippen molar-refractivity contribution in [2.45, 2.75) is 66.2 Å². The minimum atomic E-state index is 1.15. The van der Waals surface area contributed by atoms with Crippen LogP contribution in [0.3, 0.4) is 0 Å². The molecule has 0 bridgehead atoms. The quantitative estimate of drug-likeness (QED) is 0.385. The molecule has 0 fully saturated rings. The summed E-state index contributed by atoms with van der Waals surface area (Å²) in [5.41, 5.74) is 6.26. The fraction of sp³-hybridized carbons (Fsp3) is 0.667. The van der Waals surface area contributed by atoms with E-state index in [1.54, 1.807) is 0 Å². The van der Waals surface area contributed by atoms with Crippen LogP contribution in [0.25, 0.3) is 0 Å². The van der Waals surface area contributed by atoms with E-state index in [9.17, 15) is 0 Å². The molecule has 0 nitrogen and oxygen atoms in total. The van der Waals surface area contributed by atoms with Crippen LogP contribution in [0.1, 0.15) is 66.2 Å². The van der Waals surface area contributed by atoms with E-state index in [0.29, 0.717) is 0 Å². The first kappa shape index (κ1) is 14.3. The predicted octanol–water partition coefficient (Wildman–Crippen LogP) is 5.41. The molecule has 0 N–H and O–H groups in total. The van der Waals surface area contributed by atoms with E-state index in [-0.39, 0.29) is 0 Å². The van der Waals surface area contributed by atoms with Crippen LogP contribution in [-0.2, 0) is 0 Å². The number of hydrogen-bond acceptors (Lipinski definition) is 0. The summed E-state index contributed by atoms with van der Waals surface area (Å²) in [4.78, 5) is 0. The maximum atomic E-state index is 3.35. The molecule has 0 aliphatic carbocycles. The molecule has 0 aliphatic rings. The van der Waals surface area contributed by atoms with Crippen molar-refractivity contribution in [2.24, 2.45) is 0 Å². The van der Waals surface area contributed by atoms with E-state index in [1.165, 1.54) is 36.8 Å². The summed E-state index contributed by atoms with van der Waals surface area (Å²) in [6.07, 6.45) is 11.7. The normalized spacial score (nSPS) is 11.1. The van der Waals surface area contributed by atoms with Gasteiger partial charge in [-0.05, 0) is 51.2 Å². The van der Waals surface area contributed by atoms with E-state index in [0.717, 1.165) is 12.8 Å². The summed E-state index contributed by atoms with van der Waals surface area (Å²) in [6.45, 7) is 8.84. The van der Waals surface area contributed by atoms with E-state index in [4.69, 9.17) is 0 Å². The van der Waals surface area contributed by atoms with Gasteiger partial charge in [-0.3, -0.25) is 0 Å². The van der Waals surface area contributed by atoms with Gasteiger partial charge in [-0.15, -0.1) is 5.73 Å². The van der Waals surface area contributed by atoms with Crippen molar-refractivity contribution in [3.8, 4) is 0 Å². The molecule has 0 unspecified atom stereocenters. The van der Waals surface area contributed by atoms with Crippen LogP contribution in [0.4, 0.5) is 0 Å². The molecule has 0 saturated carbocycles. The maximum Gasteiger partial charge on any atom is -0.0212 e. The topological polar surface area (TPSA) is 0 Å². The standard InChI is InChI=1S/C15H26/c1-5-7-8-11-15(4)13-9-12-14(3)10-6-2/h8,12H,5-7,9-10,13H2,1-4H3. The zero-order valence-corrected chi connectivity index (χ0v) is 10.9. The number of allylic oxidation sites excluding steroid dienone is 3. The SMILES string of the molecule is CCCC=C=C(C)CCC=C(C)CCC. The van der Waals surface area contributed by atoms with Gasteiger partial charge in [0.25, 0.3) is 0 Å². The molecule has 0 aromatic carbocycles. The summed E-state index contributed by atoms with van der Waals surface area (Å²) in [5, 5.41) is 0. The summed E-state index contributed by atoms with van der Waals surface area (Å²) in [7, 11) is 0. The minimum absolute atomic E-state index is 1.15. The summed E-state index contributed by atoms with van der Waals surface area (Å²) in [6, 6.07) is 0. The molecule has 0 amide bonds. The van der Waals surface area contributed by atoms with E-state index < -0.39 is 0 Å². The number of hydrogen-bond donors (Lipinski definition) is 0. The molecule has 0 aromatic heterocycles. The Bertz CT molecular complexity index is 237. The first-order valence-corrected chi connectivity index (χ1v) is 6.27. The van der Waals surface area contributed by atoms with E-state index in [2.05, 4.69) is 45.6 Å². The monoisotopic (exact) mass is 206 g/mol. The Hall–Kier alpha value is -0.740. The van der Waals surface area contributed by atoms with Crippen LogP contribution in [0, 0.1) is 0 Å². The van der Waals surface area contributed by atoms with Gasteiger partial charge in [-0.2, -0.15) is 0 Å². The largest absolute Gasteiger partial charge is 0.126 e. The maximum absolute atomic E-state index is 3.35. The molecular formula is C15H26. The highest BCUT2D eigenvalue weighted by molar-refractivity contribution is 5.03.